The molecule has 5 heteroatoms. The second-order valence-corrected chi connectivity index (χ2v) is 4.05. The molecule has 0 fully saturated rings. The van der Waals surface area contributed by atoms with Crippen molar-refractivity contribution in [1.82, 2.24) is 9.97 Å². The van der Waals surface area contributed by atoms with Gasteiger partial charge in [-0.1, -0.05) is 0 Å². The molecule has 12 heavy (non-hydrogen) atoms. The molecule has 0 atom stereocenters. The zero-order valence-electron chi connectivity index (χ0n) is 5.78. The maximum atomic E-state index is 8.57. The van der Waals surface area contributed by atoms with Crippen molar-refractivity contribution in [2.45, 2.75) is 0 Å². The standard InChI is InChI=1S/C7H2BrN3S/c8-4-1-5-7(10-3-4)11-6(2-9)12-5/h1,3H. The SMILES string of the molecule is N#Cc1nc2ncc(Br)cc2s1. The number of nitrogens with zero attached hydrogens (tertiary/aromatic N) is 3. The summed E-state index contributed by atoms with van der Waals surface area (Å²) in [5, 5.41) is 9.02. The number of aromatic nitrogens is 2. The van der Waals surface area contributed by atoms with Crippen LogP contribution in [0.25, 0.3) is 10.3 Å². The van der Waals surface area contributed by atoms with E-state index in [1.807, 2.05) is 12.1 Å². The fourth-order valence-electron chi connectivity index (χ4n) is 0.844. The highest BCUT2D eigenvalue weighted by molar-refractivity contribution is 9.10. The lowest BCUT2D eigenvalue weighted by atomic mass is 10.5. The zero-order valence-corrected chi connectivity index (χ0v) is 8.19. The molecule has 3 nitrogen and oxygen atoms in total. The Morgan fingerprint density at radius 1 is 1.58 bits per heavy atom. The molecule has 0 saturated heterocycles. The van der Waals surface area contributed by atoms with Crippen molar-refractivity contribution in [3.8, 4) is 6.07 Å². The van der Waals surface area contributed by atoms with Gasteiger partial charge in [0.2, 0.25) is 0 Å². The fraction of sp³-hybridized carbons (Fsp3) is 0. The van der Waals surface area contributed by atoms with Crippen molar-refractivity contribution in [3.63, 3.8) is 0 Å². The van der Waals surface area contributed by atoms with Crippen molar-refractivity contribution < 1.29 is 0 Å². The Balaban J connectivity index is 2.77. The third-order valence-corrected chi connectivity index (χ3v) is 2.64. The average Bonchev–Trinajstić information content (AvgIpc) is 2.46. The number of hydrogen-bond donors (Lipinski definition) is 0. The van der Waals surface area contributed by atoms with Crippen molar-refractivity contribution in [1.29, 1.82) is 5.26 Å². The predicted molar refractivity (Wildman–Crippen MR) is 49.8 cm³/mol. The van der Waals surface area contributed by atoms with Crippen LogP contribution in [0.3, 0.4) is 0 Å². The topological polar surface area (TPSA) is 49.6 Å². The molecule has 0 saturated carbocycles. The van der Waals surface area contributed by atoms with E-state index >= 15 is 0 Å². The molecule has 0 aliphatic carbocycles. The second kappa shape index (κ2) is 2.81. The van der Waals surface area contributed by atoms with Crippen LogP contribution in [0, 0.1) is 11.3 Å². The third kappa shape index (κ3) is 1.19. The Bertz CT molecular complexity index is 471. The fourth-order valence-corrected chi connectivity index (χ4v) is 2.09. The van der Waals surface area contributed by atoms with Gasteiger partial charge in [0.25, 0.3) is 0 Å². The van der Waals surface area contributed by atoms with Crippen LogP contribution in [0.4, 0.5) is 0 Å². The van der Waals surface area contributed by atoms with E-state index in [2.05, 4.69) is 25.9 Å². The molecule has 0 bridgehead atoms. The van der Waals surface area contributed by atoms with Crippen LogP contribution in [0.1, 0.15) is 5.01 Å². The molecule has 0 N–H and O–H groups in total. The molecule has 58 valence electrons. The molecule has 2 aromatic rings. The minimum atomic E-state index is 0.454. The van der Waals surface area contributed by atoms with Crippen LogP contribution in [-0.4, -0.2) is 9.97 Å². The van der Waals surface area contributed by atoms with Gasteiger partial charge in [0.05, 0.1) is 4.70 Å². The molecule has 0 radical (unpaired) electrons. The lowest BCUT2D eigenvalue weighted by Gasteiger charge is -1.86. The van der Waals surface area contributed by atoms with Gasteiger partial charge in [-0.2, -0.15) is 5.26 Å². The summed E-state index contributed by atoms with van der Waals surface area (Å²) in [5.41, 5.74) is 0.639. The van der Waals surface area contributed by atoms with E-state index in [9.17, 15) is 0 Å². The number of rotatable bonds is 0. The molecule has 2 aromatic heterocycles. The maximum Gasteiger partial charge on any atom is 0.197 e. The number of thiazole rings is 1. The highest BCUT2D eigenvalue weighted by Crippen LogP contribution is 2.22. The van der Waals surface area contributed by atoms with Crippen molar-refractivity contribution >= 4 is 37.6 Å². The van der Waals surface area contributed by atoms with Crippen LogP contribution in [0.2, 0.25) is 0 Å². The van der Waals surface area contributed by atoms with Gasteiger partial charge in [-0.05, 0) is 22.0 Å². The van der Waals surface area contributed by atoms with E-state index in [0.29, 0.717) is 10.7 Å². The lowest BCUT2D eigenvalue weighted by molar-refractivity contribution is 1.29. The summed E-state index contributed by atoms with van der Waals surface area (Å²) in [7, 11) is 0. The predicted octanol–water partition coefficient (Wildman–Crippen LogP) is 2.33. The van der Waals surface area contributed by atoms with Crippen molar-refractivity contribution in [2.24, 2.45) is 0 Å². The molecule has 0 aliphatic rings. The first-order chi connectivity index (χ1) is 5.79. The van der Waals surface area contributed by atoms with Crippen molar-refractivity contribution in [3.05, 3.63) is 21.7 Å². The van der Waals surface area contributed by atoms with Crippen LogP contribution >= 0.6 is 27.3 Å². The van der Waals surface area contributed by atoms with Gasteiger partial charge in [-0.15, -0.1) is 11.3 Å². The number of fused-ring (bicyclic) bond motifs is 1. The molecule has 0 unspecified atom stereocenters. The smallest absolute Gasteiger partial charge is 0.197 e. The monoisotopic (exact) mass is 239 g/mol. The van der Waals surface area contributed by atoms with Crippen LogP contribution < -0.4 is 0 Å². The zero-order chi connectivity index (χ0) is 8.55. The number of pyridine rings is 1. The van der Waals surface area contributed by atoms with E-state index in [-0.39, 0.29) is 0 Å². The minimum Gasteiger partial charge on any atom is -0.235 e. The molecule has 2 heterocycles. The summed E-state index contributed by atoms with van der Waals surface area (Å²) >= 11 is 4.64. The van der Waals surface area contributed by atoms with Gasteiger partial charge in [-0.25, -0.2) is 9.97 Å². The Hall–Kier alpha value is -0.990. The van der Waals surface area contributed by atoms with Gasteiger partial charge in [0.1, 0.15) is 6.07 Å². The summed E-state index contributed by atoms with van der Waals surface area (Å²) in [6.07, 6.45) is 1.67. The first kappa shape index (κ1) is 7.65. The summed E-state index contributed by atoms with van der Waals surface area (Å²) < 4.78 is 1.84. The Kier molecular flexibility index (Phi) is 1.79. The quantitative estimate of drug-likeness (QED) is 0.709. The minimum absolute atomic E-state index is 0.454. The van der Waals surface area contributed by atoms with Gasteiger partial charge in [0, 0.05) is 10.7 Å². The van der Waals surface area contributed by atoms with Crippen LogP contribution in [0.5, 0.6) is 0 Å². The summed E-state index contributed by atoms with van der Waals surface area (Å²) in [4.78, 5) is 8.05. The van der Waals surface area contributed by atoms with E-state index in [1.54, 1.807) is 6.20 Å². The third-order valence-electron chi connectivity index (χ3n) is 1.31. The highest BCUT2D eigenvalue weighted by Gasteiger charge is 2.03. The Morgan fingerprint density at radius 3 is 3.17 bits per heavy atom. The molecule has 0 spiro atoms. The molecule has 0 aliphatic heterocycles. The van der Waals surface area contributed by atoms with Crippen LogP contribution in [0.15, 0.2) is 16.7 Å². The van der Waals surface area contributed by atoms with Gasteiger partial charge >= 0.3 is 0 Å². The first-order valence-corrected chi connectivity index (χ1v) is 4.73. The summed E-state index contributed by atoms with van der Waals surface area (Å²) in [6, 6.07) is 3.89. The van der Waals surface area contributed by atoms with Gasteiger partial charge < -0.3 is 0 Å². The van der Waals surface area contributed by atoms with E-state index in [1.165, 1.54) is 11.3 Å². The van der Waals surface area contributed by atoms with Gasteiger partial charge in [0.15, 0.2) is 10.7 Å². The maximum absolute atomic E-state index is 8.57. The molecule has 0 amide bonds. The van der Waals surface area contributed by atoms with E-state index < -0.39 is 0 Å². The second-order valence-electron chi connectivity index (χ2n) is 2.11. The van der Waals surface area contributed by atoms with E-state index in [0.717, 1.165) is 9.17 Å². The first-order valence-electron chi connectivity index (χ1n) is 3.12. The van der Waals surface area contributed by atoms with E-state index in [4.69, 9.17) is 5.26 Å². The Labute approximate surface area is 80.8 Å². The van der Waals surface area contributed by atoms with Crippen molar-refractivity contribution in [2.75, 3.05) is 0 Å². The Morgan fingerprint density at radius 2 is 2.42 bits per heavy atom. The summed E-state index contributed by atoms with van der Waals surface area (Å²) in [6.45, 7) is 0. The highest BCUT2D eigenvalue weighted by atomic mass is 79.9. The van der Waals surface area contributed by atoms with Gasteiger partial charge in [-0.3, -0.25) is 0 Å². The lowest BCUT2D eigenvalue weighted by Crippen LogP contribution is -1.75. The number of halogens is 1. The molecule has 0 aromatic carbocycles. The number of hydrogen-bond acceptors (Lipinski definition) is 4. The molecule has 2 rings (SSSR count). The molecular weight excluding hydrogens is 238 g/mol. The molecular formula is C7H2BrN3S. The van der Waals surface area contributed by atoms with Crippen LogP contribution in [-0.2, 0) is 0 Å². The normalized spacial score (nSPS) is 10.0. The summed E-state index contributed by atoms with van der Waals surface area (Å²) in [5.74, 6) is 0. The number of nitriles is 1. The average molecular weight is 240 g/mol. The largest absolute Gasteiger partial charge is 0.235 e.